The highest BCUT2D eigenvalue weighted by Gasteiger charge is 2.04. The van der Waals surface area contributed by atoms with E-state index in [-0.39, 0.29) is 0 Å². The molecule has 0 aromatic heterocycles. The van der Waals surface area contributed by atoms with Gasteiger partial charge in [-0.15, -0.1) is 5.73 Å². The van der Waals surface area contributed by atoms with Crippen LogP contribution in [0.3, 0.4) is 0 Å². The standard InChI is InChI=1S/C15H14O4/c1-3-7-15(17)19-13-9-6-5-8-12(13)10-11-14(16)18-4-2/h5-11H,1,4H2,2H3/b11-10+. The molecule has 0 N–H and O–H groups in total. The minimum absolute atomic E-state index is 0.309. The van der Waals surface area contributed by atoms with E-state index in [2.05, 4.69) is 12.3 Å². The van der Waals surface area contributed by atoms with Gasteiger partial charge in [0.2, 0.25) is 0 Å². The lowest BCUT2D eigenvalue weighted by Crippen LogP contribution is -2.04. The van der Waals surface area contributed by atoms with E-state index >= 15 is 0 Å². The van der Waals surface area contributed by atoms with Crippen molar-refractivity contribution < 1.29 is 19.1 Å². The Balaban J connectivity index is 2.86. The zero-order chi connectivity index (χ0) is 14.1. The third-order valence-electron chi connectivity index (χ3n) is 2.04. The van der Waals surface area contributed by atoms with Crippen LogP contribution in [0.1, 0.15) is 12.5 Å². The maximum atomic E-state index is 11.3. The van der Waals surface area contributed by atoms with Gasteiger partial charge in [-0.05, 0) is 19.1 Å². The van der Waals surface area contributed by atoms with Crippen LogP contribution in [0.15, 0.2) is 48.7 Å². The number of para-hydroxylation sites is 1. The Morgan fingerprint density at radius 1 is 1.32 bits per heavy atom. The number of hydrogen-bond donors (Lipinski definition) is 0. The van der Waals surface area contributed by atoms with Crippen LogP contribution in [0.25, 0.3) is 6.08 Å². The molecule has 0 aliphatic rings. The molecular weight excluding hydrogens is 244 g/mol. The molecule has 0 atom stereocenters. The predicted octanol–water partition coefficient (Wildman–Crippen LogP) is 2.51. The van der Waals surface area contributed by atoms with Crippen molar-refractivity contribution in [1.82, 2.24) is 0 Å². The highest BCUT2D eigenvalue weighted by atomic mass is 16.5. The summed E-state index contributed by atoms with van der Waals surface area (Å²) in [4.78, 5) is 22.5. The fourth-order valence-corrected chi connectivity index (χ4v) is 1.28. The second-order valence-corrected chi connectivity index (χ2v) is 3.39. The van der Waals surface area contributed by atoms with E-state index in [0.29, 0.717) is 17.9 Å². The second-order valence-electron chi connectivity index (χ2n) is 3.39. The van der Waals surface area contributed by atoms with Crippen molar-refractivity contribution in [2.45, 2.75) is 6.92 Å². The SMILES string of the molecule is C=C=CC(=O)Oc1ccccc1/C=C/C(=O)OCC. The van der Waals surface area contributed by atoms with Crippen molar-refractivity contribution in [2.24, 2.45) is 0 Å². The molecule has 0 unspecified atom stereocenters. The van der Waals surface area contributed by atoms with Crippen molar-refractivity contribution in [3.8, 4) is 5.75 Å². The van der Waals surface area contributed by atoms with Crippen molar-refractivity contribution in [1.29, 1.82) is 0 Å². The Morgan fingerprint density at radius 2 is 2.05 bits per heavy atom. The summed E-state index contributed by atoms with van der Waals surface area (Å²) in [7, 11) is 0. The number of esters is 2. The Kier molecular flexibility index (Phi) is 5.86. The molecule has 4 heteroatoms. The van der Waals surface area contributed by atoms with Crippen LogP contribution in [0, 0.1) is 0 Å². The van der Waals surface area contributed by atoms with Gasteiger partial charge in [0, 0.05) is 11.6 Å². The van der Waals surface area contributed by atoms with E-state index in [1.54, 1.807) is 31.2 Å². The monoisotopic (exact) mass is 258 g/mol. The molecule has 0 saturated heterocycles. The lowest BCUT2D eigenvalue weighted by atomic mass is 10.2. The lowest BCUT2D eigenvalue weighted by Gasteiger charge is -2.04. The first-order chi connectivity index (χ1) is 9.17. The van der Waals surface area contributed by atoms with Crippen LogP contribution in [0.2, 0.25) is 0 Å². The first-order valence-electron chi connectivity index (χ1n) is 5.69. The summed E-state index contributed by atoms with van der Waals surface area (Å²) >= 11 is 0. The first kappa shape index (κ1) is 14.5. The van der Waals surface area contributed by atoms with Crippen molar-refractivity contribution in [3.05, 3.63) is 54.3 Å². The maximum Gasteiger partial charge on any atom is 0.343 e. The van der Waals surface area contributed by atoms with Gasteiger partial charge in [-0.3, -0.25) is 0 Å². The summed E-state index contributed by atoms with van der Waals surface area (Å²) in [5.41, 5.74) is 2.93. The Morgan fingerprint density at radius 3 is 2.74 bits per heavy atom. The third kappa shape index (κ3) is 5.06. The number of benzene rings is 1. The highest BCUT2D eigenvalue weighted by molar-refractivity contribution is 5.88. The molecule has 19 heavy (non-hydrogen) atoms. The quantitative estimate of drug-likeness (QED) is 0.352. The lowest BCUT2D eigenvalue weighted by molar-refractivity contribution is -0.137. The van der Waals surface area contributed by atoms with Crippen molar-refractivity contribution in [2.75, 3.05) is 6.61 Å². The Bertz CT molecular complexity index is 537. The van der Waals surface area contributed by atoms with Gasteiger partial charge >= 0.3 is 11.9 Å². The first-order valence-corrected chi connectivity index (χ1v) is 5.69. The third-order valence-corrected chi connectivity index (χ3v) is 2.04. The maximum absolute atomic E-state index is 11.3. The van der Waals surface area contributed by atoms with Crippen LogP contribution < -0.4 is 4.74 Å². The van der Waals surface area contributed by atoms with Gasteiger partial charge in [0.15, 0.2) is 0 Å². The molecule has 0 fully saturated rings. The molecule has 0 aliphatic carbocycles. The molecule has 0 spiro atoms. The van der Waals surface area contributed by atoms with Crippen molar-refractivity contribution in [3.63, 3.8) is 0 Å². The summed E-state index contributed by atoms with van der Waals surface area (Å²) in [5, 5.41) is 0. The zero-order valence-corrected chi connectivity index (χ0v) is 10.6. The van der Waals surface area contributed by atoms with E-state index in [0.717, 1.165) is 6.08 Å². The number of hydrogen-bond acceptors (Lipinski definition) is 4. The topological polar surface area (TPSA) is 52.6 Å². The van der Waals surface area contributed by atoms with Crippen LogP contribution in [-0.4, -0.2) is 18.5 Å². The minimum atomic E-state index is -0.577. The molecule has 4 nitrogen and oxygen atoms in total. The normalized spacial score (nSPS) is 9.74. The number of ether oxygens (including phenoxy) is 2. The van der Waals surface area contributed by atoms with Crippen molar-refractivity contribution >= 4 is 18.0 Å². The fourth-order valence-electron chi connectivity index (χ4n) is 1.28. The summed E-state index contributed by atoms with van der Waals surface area (Å²) in [6.45, 7) is 5.32. The van der Waals surface area contributed by atoms with E-state index in [9.17, 15) is 9.59 Å². The van der Waals surface area contributed by atoms with Gasteiger partial charge in [0.05, 0.1) is 12.7 Å². The smallest absolute Gasteiger partial charge is 0.343 e. The molecule has 0 saturated carbocycles. The molecule has 1 aromatic carbocycles. The summed E-state index contributed by atoms with van der Waals surface area (Å²) in [5.74, 6) is -0.679. The predicted molar refractivity (Wildman–Crippen MR) is 71.5 cm³/mol. The molecule has 0 bridgehead atoms. The van der Waals surface area contributed by atoms with Gasteiger partial charge in [0.25, 0.3) is 0 Å². The largest absolute Gasteiger partial charge is 0.463 e. The summed E-state index contributed by atoms with van der Waals surface area (Å²) in [6.07, 6.45) is 3.89. The van der Waals surface area contributed by atoms with E-state index < -0.39 is 11.9 Å². The fraction of sp³-hybridized carbons (Fsp3) is 0.133. The van der Waals surface area contributed by atoms with Gasteiger partial charge in [-0.1, -0.05) is 24.8 Å². The zero-order valence-electron chi connectivity index (χ0n) is 10.6. The number of rotatable bonds is 5. The molecular formula is C15H14O4. The Hall–Kier alpha value is -2.58. The van der Waals surface area contributed by atoms with E-state index in [4.69, 9.17) is 9.47 Å². The molecule has 0 heterocycles. The van der Waals surface area contributed by atoms with Gasteiger partial charge in [-0.25, -0.2) is 9.59 Å². The molecule has 0 aliphatic heterocycles. The van der Waals surface area contributed by atoms with Gasteiger partial charge in [0.1, 0.15) is 5.75 Å². The average molecular weight is 258 g/mol. The number of carbonyl (C=O) groups excluding carboxylic acids is 2. The van der Waals surface area contributed by atoms with Crippen LogP contribution in [0.4, 0.5) is 0 Å². The molecule has 0 radical (unpaired) electrons. The molecule has 0 amide bonds. The average Bonchev–Trinajstić information content (AvgIpc) is 2.38. The molecule has 98 valence electrons. The Labute approximate surface area is 111 Å². The summed E-state index contributed by atoms with van der Waals surface area (Å²) < 4.78 is 9.84. The van der Waals surface area contributed by atoms with E-state index in [1.807, 2.05) is 0 Å². The highest BCUT2D eigenvalue weighted by Crippen LogP contribution is 2.19. The second kappa shape index (κ2) is 7.69. The van der Waals surface area contributed by atoms with Gasteiger partial charge < -0.3 is 9.47 Å². The molecule has 1 rings (SSSR count). The summed E-state index contributed by atoms with van der Waals surface area (Å²) in [6, 6.07) is 6.84. The number of carbonyl (C=O) groups is 2. The molecule has 1 aromatic rings. The van der Waals surface area contributed by atoms with Crippen LogP contribution in [0.5, 0.6) is 5.75 Å². The van der Waals surface area contributed by atoms with Crippen LogP contribution in [-0.2, 0) is 14.3 Å². The van der Waals surface area contributed by atoms with Gasteiger partial charge in [-0.2, -0.15) is 0 Å². The van der Waals surface area contributed by atoms with E-state index in [1.165, 1.54) is 12.2 Å². The minimum Gasteiger partial charge on any atom is -0.463 e. The van der Waals surface area contributed by atoms with Crippen LogP contribution >= 0.6 is 0 Å².